The number of hydrogen-bond donors (Lipinski definition) is 5. The lowest BCUT2D eigenvalue weighted by Crippen LogP contribution is -2.30. The molecule has 0 aromatic rings. The van der Waals surface area contributed by atoms with Gasteiger partial charge < -0.3 is 26.4 Å². The highest BCUT2D eigenvalue weighted by Crippen LogP contribution is 2.03. The van der Waals surface area contributed by atoms with Crippen molar-refractivity contribution < 1.29 is 20.1 Å². The molecule has 118 valence electrons. The van der Waals surface area contributed by atoms with Gasteiger partial charge in [0.05, 0.1) is 11.9 Å². The number of carboxylic acids is 1. The first-order valence-corrected chi connectivity index (χ1v) is 7.18. The third-order valence-electron chi connectivity index (χ3n) is 2.88. The van der Waals surface area contributed by atoms with Crippen molar-refractivity contribution in [3.8, 4) is 0 Å². The van der Waals surface area contributed by atoms with Crippen molar-refractivity contribution in [3.63, 3.8) is 0 Å². The van der Waals surface area contributed by atoms with Crippen LogP contribution >= 0.6 is 0 Å². The van der Waals surface area contributed by atoms with Crippen molar-refractivity contribution in [2.45, 2.75) is 57.6 Å². The van der Waals surface area contributed by atoms with Crippen molar-refractivity contribution in [1.29, 1.82) is 0 Å². The molecular weight excluding hydrogens is 260 g/mol. The van der Waals surface area contributed by atoms with E-state index in [4.69, 9.17) is 15.9 Å². The number of hydrogen-bond acceptors (Lipinski definition) is 5. The summed E-state index contributed by atoms with van der Waals surface area (Å²) in [6.07, 6.45) is 5.43. The molecule has 0 aliphatic heterocycles. The van der Waals surface area contributed by atoms with Gasteiger partial charge in [-0.2, -0.15) is 0 Å². The first kappa shape index (κ1) is 18.9. The van der Waals surface area contributed by atoms with E-state index >= 15 is 0 Å². The van der Waals surface area contributed by atoms with E-state index in [1.807, 2.05) is 0 Å². The first-order valence-electron chi connectivity index (χ1n) is 7.18. The molecule has 0 bridgehead atoms. The predicted molar refractivity (Wildman–Crippen MR) is 78.6 cm³/mol. The summed E-state index contributed by atoms with van der Waals surface area (Å²) in [7, 11) is 0. The third kappa shape index (κ3) is 12.0. The summed E-state index contributed by atoms with van der Waals surface area (Å²) < 4.78 is 0. The maximum absolute atomic E-state index is 10.5. The summed E-state index contributed by atoms with van der Waals surface area (Å²) in [6.45, 7) is 3.33. The highest BCUT2D eigenvalue weighted by atomic mass is 16.4. The van der Waals surface area contributed by atoms with Crippen LogP contribution in [0.3, 0.4) is 0 Å². The Hall–Kier alpha value is -1.11. The first-order chi connectivity index (χ1) is 9.43. The molecule has 0 radical (unpaired) electrons. The summed E-state index contributed by atoms with van der Waals surface area (Å²) in [4.78, 5) is 10.5. The van der Waals surface area contributed by atoms with Crippen molar-refractivity contribution in [1.82, 2.24) is 5.32 Å². The Morgan fingerprint density at radius 1 is 1.25 bits per heavy atom. The highest BCUT2D eigenvalue weighted by molar-refractivity contribution is 5.72. The minimum Gasteiger partial charge on any atom is -0.513 e. The largest absolute Gasteiger partial charge is 0.513 e. The van der Waals surface area contributed by atoms with Crippen molar-refractivity contribution in [2.24, 2.45) is 5.73 Å². The molecule has 0 saturated heterocycles. The zero-order valence-corrected chi connectivity index (χ0v) is 12.2. The Kier molecular flexibility index (Phi) is 11.0. The second kappa shape index (κ2) is 11.7. The number of allylic oxidation sites excluding steroid dienone is 1. The van der Waals surface area contributed by atoms with Crippen LogP contribution in [0.5, 0.6) is 0 Å². The van der Waals surface area contributed by atoms with Crippen LogP contribution in [-0.4, -0.2) is 46.5 Å². The Morgan fingerprint density at radius 2 is 1.90 bits per heavy atom. The van der Waals surface area contributed by atoms with Crippen LogP contribution in [-0.2, 0) is 4.79 Å². The van der Waals surface area contributed by atoms with Gasteiger partial charge in [-0.3, -0.25) is 4.79 Å². The van der Waals surface area contributed by atoms with Crippen LogP contribution in [0.1, 0.15) is 45.4 Å². The number of aliphatic hydroxyl groups excluding tert-OH is 2. The molecule has 0 fully saturated rings. The van der Waals surface area contributed by atoms with E-state index in [-0.39, 0.29) is 5.76 Å². The normalized spacial score (nSPS) is 15.1. The molecule has 0 saturated carbocycles. The molecular formula is C14H28N2O4. The van der Waals surface area contributed by atoms with Gasteiger partial charge in [0.1, 0.15) is 6.04 Å². The van der Waals surface area contributed by atoms with Gasteiger partial charge in [0, 0.05) is 6.42 Å². The van der Waals surface area contributed by atoms with E-state index in [1.54, 1.807) is 13.0 Å². The van der Waals surface area contributed by atoms with Crippen LogP contribution in [0.4, 0.5) is 0 Å². The zero-order valence-electron chi connectivity index (χ0n) is 12.2. The molecule has 6 nitrogen and oxygen atoms in total. The number of nitrogens with two attached hydrogens (primary N) is 1. The maximum atomic E-state index is 10.5. The zero-order chi connectivity index (χ0) is 15.4. The Bertz CT molecular complexity index is 293. The molecule has 0 aromatic heterocycles. The molecule has 6 heteroatoms. The summed E-state index contributed by atoms with van der Waals surface area (Å²) >= 11 is 0. The molecule has 20 heavy (non-hydrogen) atoms. The molecule has 2 unspecified atom stereocenters. The van der Waals surface area contributed by atoms with Gasteiger partial charge in [-0.25, -0.2) is 0 Å². The number of rotatable bonds is 12. The van der Waals surface area contributed by atoms with Crippen LogP contribution in [0.25, 0.3) is 0 Å². The second-order valence-corrected chi connectivity index (χ2v) is 5.08. The number of carboxylic acid groups (broad SMARTS) is 1. The van der Waals surface area contributed by atoms with E-state index in [1.165, 1.54) is 0 Å². The molecule has 0 aliphatic rings. The predicted octanol–water partition coefficient (Wildman–Crippen LogP) is 1.15. The fraction of sp³-hybridized carbons (Fsp3) is 0.786. The van der Waals surface area contributed by atoms with Gasteiger partial charge in [0.25, 0.3) is 0 Å². The molecule has 0 amide bonds. The van der Waals surface area contributed by atoms with E-state index in [2.05, 4.69) is 5.32 Å². The fourth-order valence-corrected chi connectivity index (χ4v) is 1.74. The molecule has 0 heterocycles. The molecule has 0 spiro atoms. The van der Waals surface area contributed by atoms with Crippen molar-refractivity contribution >= 4 is 5.97 Å². The molecule has 2 atom stereocenters. The summed E-state index contributed by atoms with van der Waals surface area (Å²) in [5, 5.41) is 30.3. The van der Waals surface area contributed by atoms with Gasteiger partial charge in [-0.15, -0.1) is 0 Å². The van der Waals surface area contributed by atoms with E-state index < -0.39 is 18.1 Å². The summed E-state index contributed by atoms with van der Waals surface area (Å²) in [6, 6.07) is -0.753. The highest BCUT2D eigenvalue weighted by Gasteiger charge is 2.09. The second-order valence-electron chi connectivity index (χ2n) is 5.08. The third-order valence-corrected chi connectivity index (χ3v) is 2.88. The number of nitrogens with one attached hydrogen (secondary N) is 1. The lowest BCUT2D eigenvalue weighted by atomic mass is 10.1. The molecule has 6 N–H and O–H groups in total. The average Bonchev–Trinajstić information content (AvgIpc) is 2.35. The Labute approximate surface area is 120 Å². The number of carbonyl (C=O) groups is 1. The molecule has 0 aromatic carbocycles. The smallest absolute Gasteiger partial charge is 0.320 e. The van der Waals surface area contributed by atoms with Crippen molar-refractivity contribution in [2.75, 3.05) is 13.1 Å². The number of aliphatic hydroxyl groups is 2. The van der Waals surface area contributed by atoms with E-state index in [0.29, 0.717) is 12.8 Å². The average molecular weight is 288 g/mol. The molecule has 0 aliphatic carbocycles. The maximum Gasteiger partial charge on any atom is 0.320 e. The van der Waals surface area contributed by atoms with Gasteiger partial charge in [-0.1, -0.05) is 6.42 Å². The van der Waals surface area contributed by atoms with Crippen molar-refractivity contribution in [3.05, 3.63) is 11.8 Å². The minimum absolute atomic E-state index is 0.239. The van der Waals surface area contributed by atoms with Gasteiger partial charge in [0.2, 0.25) is 0 Å². The standard InChI is InChI=1S/C14H28N2O4/c1-11(17)10-12(18)6-2-4-8-16-9-5-3-7-13(15)14(19)20/h6,11,13,16-18H,2-5,7-10,15H2,1H3,(H,19,20). The van der Waals surface area contributed by atoms with E-state index in [0.717, 1.165) is 38.8 Å². The fourth-order valence-electron chi connectivity index (χ4n) is 1.74. The van der Waals surface area contributed by atoms with Crippen LogP contribution in [0, 0.1) is 0 Å². The van der Waals surface area contributed by atoms with Crippen LogP contribution in [0.15, 0.2) is 11.8 Å². The van der Waals surface area contributed by atoms with Gasteiger partial charge >= 0.3 is 5.97 Å². The van der Waals surface area contributed by atoms with Crippen LogP contribution < -0.4 is 11.1 Å². The quantitative estimate of drug-likeness (QED) is 0.272. The minimum atomic E-state index is -0.943. The lowest BCUT2D eigenvalue weighted by molar-refractivity contribution is -0.138. The Balaban J connectivity index is 3.35. The van der Waals surface area contributed by atoms with E-state index in [9.17, 15) is 9.90 Å². The van der Waals surface area contributed by atoms with Gasteiger partial charge in [-0.05, 0) is 51.8 Å². The number of unbranched alkanes of at least 4 members (excludes halogenated alkanes) is 2. The topological polar surface area (TPSA) is 116 Å². The lowest BCUT2D eigenvalue weighted by Gasteiger charge is -2.07. The van der Waals surface area contributed by atoms with Gasteiger partial charge in [0.15, 0.2) is 0 Å². The Morgan fingerprint density at radius 3 is 2.50 bits per heavy atom. The van der Waals surface area contributed by atoms with Crippen LogP contribution in [0.2, 0.25) is 0 Å². The summed E-state index contributed by atoms with van der Waals surface area (Å²) in [5.74, 6) is -0.704. The SMILES string of the molecule is CC(O)CC(O)=CCCCNCCCCC(N)C(=O)O. The monoisotopic (exact) mass is 288 g/mol. The number of aliphatic carboxylic acids is 1. The molecule has 0 rings (SSSR count). The summed E-state index contributed by atoms with van der Waals surface area (Å²) in [5.41, 5.74) is 5.39.